The van der Waals surface area contributed by atoms with E-state index in [2.05, 4.69) is 35.6 Å². The van der Waals surface area contributed by atoms with Crippen LogP contribution in [0.15, 0.2) is 30.3 Å². The molecule has 82 valence electrons. The quantitative estimate of drug-likeness (QED) is 0.815. The molecule has 0 aliphatic carbocycles. The van der Waals surface area contributed by atoms with Gasteiger partial charge in [-0.3, -0.25) is 0 Å². The highest BCUT2D eigenvalue weighted by atomic mass is 16.5. The molecule has 2 nitrogen and oxygen atoms in total. The molecule has 0 bridgehead atoms. The molecule has 1 aromatic carbocycles. The first kappa shape index (κ1) is 10.7. The van der Waals surface area contributed by atoms with Crippen molar-refractivity contribution in [2.24, 2.45) is 0 Å². The van der Waals surface area contributed by atoms with Crippen LogP contribution in [0.25, 0.3) is 0 Å². The van der Waals surface area contributed by atoms with Crippen LogP contribution in [0.3, 0.4) is 0 Å². The average molecular weight is 205 g/mol. The van der Waals surface area contributed by atoms with Gasteiger partial charge in [-0.15, -0.1) is 0 Å². The molecule has 0 radical (unpaired) electrons. The topological polar surface area (TPSA) is 21.3 Å². The third-order valence-electron chi connectivity index (χ3n) is 3.12. The van der Waals surface area contributed by atoms with E-state index in [0.29, 0.717) is 12.1 Å². The standard InChI is InChI=1S/C13H19NO/c1-15-13-8-5-9-14-12(13)10-11-6-3-2-4-7-11/h2-4,6-7,12-14H,5,8-10H2,1H3. The zero-order valence-electron chi connectivity index (χ0n) is 9.28. The van der Waals surface area contributed by atoms with Crippen LogP contribution in [0.5, 0.6) is 0 Å². The summed E-state index contributed by atoms with van der Waals surface area (Å²) in [7, 11) is 1.82. The first-order valence-corrected chi connectivity index (χ1v) is 5.70. The van der Waals surface area contributed by atoms with Crippen molar-refractivity contribution in [3.05, 3.63) is 35.9 Å². The second-order valence-electron chi connectivity index (χ2n) is 4.17. The molecule has 1 aliphatic heterocycles. The van der Waals surface area contributed by atoms with E-state index in [1.165, 1.54) is 18.4 Å². The summed E-state index contributed by atoms with van der Waals surface area (Å²) in [6.07, 6.45) is 3.85. The Morgan fingerprint density at radius 1 is 1.33 bits per heavy atom. The fourth-order valence-corrected chi connectivity index (χ4v) is 2.28. The molecule has 2 rings (SSSR count). The molecular weight excluding hydrogens is 186 g/mol. The average Bonchev–Trinajstić information content (AvgIpc) is 2.31. The van der Waals surface area contributed by atoms with E-state index in [-0.39, 0.29) is 0 Å². The lowest BCUT2D eigenvalue weighted by atomic mass is 9.95. The van der Waals surface area contributed by atoms with Gasteiger partial charge in [0.05, 0.1) is 6.10 Å². The number of nitrogens with one attached hydrogen (secondary N) is 1. The number of hydrogen-bond acceptors (Lipinski definition) is 2. The van der Waals surface area contributed by atoms with Crippen LogP contribution in [0.2, 0.25) is 0 Å². The maximum Gasteiger partial charge on any atom is 0.0727 e. The molecule has 1 saturated heterocycles. The van der Waals surface area contributed by atoms with Crippen molar-refractivity contribution in [2.75, 3.05) is 13.7 Å². The van der Waals surface area contributed by atoms with E-state index < -0.39 is 0 Å². The molecule has 0 aromatic heterocycles. The van der Waals surface area contributed by atoms with Gasteiger partial charge in [0.25, 0.3) is 0 Å². The Bertz CT molecular complexity index is 286. The summed E-state index contributed by atoms with van der Waals surface area (Å²) >= 11 is 0. The largest absolute Gasteiger partial charge is 0.380 e. The minimum atomic E-state index is 0.374. The zero-order valence-corrected chi connectivity index (χ0v) is 9.28. The monoisotopic (exact) mass is 205 g/mol. The number of methoxy groups -OCH3 is 1. The van der Waals surface area contributed by atoms with E-state index in [0.717, 1.165) is 13.0 Å². The maximum atomic E-state index is 5.51. The smallest absolute Gasteiger partial charge is 0.0727 e. The molecule has 2 unspecified atom stereocenters. The fourth-order valence-electron chi connectivity index (χ4n) is 2.28. The van der Waals surface area contributed by atoms with E-state index in [9.17, 15) is 0 Å². The molecule has 1 aromatic rings. The van der Waals surface area contributed by atoms with E-state index in [1.807, 2.05) is 7.11 Å². The number of hydrogen-bond donors (Lipinski definition) is 1. The maximum absolute atomic E-state index is 5.51. The molecule has 2 heteroatoms. The molecular formula is C13H19NO. The summed E-state index contributed by atoms with van der Waals surface area (Å²) in [5.41, 5.74) is 1.39. The predicted octanol–water partition coefficient (Wildman–Crippen LogP) is 2.00. The molecule has 1 heterocycles. The van der Waals surface area contributed by atoms with E-state index >= 15 is 0 Å². The molecule has 1 N–H and O–H groups in total. The summed E-state index contributed by atoms with van der Waals surface area (Å²) in [4.78, 5) is 0. The third-order valence-corrected chi connectivity index (χ3v) is 3.12. The lowest BCUT2D eigenvalue weighted by molar-refractivity contribution is 0.0457. The highest BCUT2D eigenvalue weighted by Gasteiger charge is 2.24. The van der Waals surface area contributed by atoms with Gasteiger partial charge >= 0.3 is 0 Å². The number of rotatable bonds is 3. The van der Waals surface area contributed by atoms with Gasteiger partial charge in [0, 0.05) is 13.2 Å². The van der Waals surface area contributed by atoms with Crippen LogP contribution in [-0.4, -0.2) is 25.8 Å². The number of piperidine rings is 1. The van der Waals surface area contributed by atoms with Gasteiger partial charge in [0.15, 0.2) is 0 Å². The molecule has 2 atom stereocenters. The lowest BCUT2D eigenvalue weighted by Gasteiger charge is -2.31. The van der Waals surface area contributed by atoms with Gasteiger partial charge in [-0.05, 0) is 31.4 Å². The van der Waals surface area contributed by atoms with Crippen molar-refractivity contribution in [1.82, 2.24) is 5.32 Å². The van der Waals surface area contributed by atoms with Gasteiger partial charge in [-0.25, -0.2) is 0 Å². The third kappa shape index (κ3) is 2.80. The molecule has 1 aliphatic rings. The van der Waals surface area contributed by atoms with E-state index in [1.54, 1.807) is 0 Å². The normalized spacial score (nSPS) is 26.5. The van der Waals surface area contributed by atoms with Crippen LogP contribution in [0.4, 0.5) is 0 Å². The van der Waals surface area contributed by atoms with Crippen molar-refractivity contribution in [3.63, 3.8) is 0 Å². The first-order chi connectivity index (χ1) is 7.40. The number of benzene rings is 1. The fraction of sp³-hybridized carbons (Fsp3) is 0.538. The highest BCUT2D eigenvalue weighted by Crippen LogP contribution is 2.15. The van der Waals surface area contributed by atoms with Crippen molar-refractivity contribution in [3.8, 4) is 0 Å². The molecule has 15 heavy (non-hydrogen) atoms. The summed E-state index contributed by atoms with van der Waals surface area (Å²) in [5, 5.41) is 3.54. The summed E-state index contributed by atoms with van der Waals surface area (Å²) < 4.78 is 5.51. The van der Waals surface area contributed by atoms with Crippen LogP contribution in [-0.2, 0) is 11.2 Å². The molecule has 0 amide bonds. The Labute approximate surface area is 91.6 Å². The number of ether oxygens (including phenoxy) is 1. The summed E-state index contributed by atoms with van der Waals surface area (Å²) in [6, 6.07) is 11.1. The first-order valence-electron chi connectivity index (χ1n) is 5.70. The predicted molar refractivity (Wildman–Crippen MR) is 62.0 cm³/mol. The van der Waals surface area contributed by atoms with Crippen molar-refractivity contribution in [2.45, 2.75) is 31.4 Å². The highest BCUT2D eigenvalue weighted by molar-refractivity contribution is 5.16. The van der Waals surface area contributed by atoms with Crippen molar-refractivity contribution < 1.29 is 4.74 Å². The summed E-state index contributed by atoms with van der Waals surface area (Å²) in [5.74, 6) is 0. The van der Waals surface area contributed by atoms with Crippen LogP contribution in [0, 0.1) is 0 Å². The Kier molecular flexibility index (Phi) is 3.75. The van der Waals surface area contributed by atoms with E-state index in [4.69, 9.17) is 4.74 Å². The minimum Gasteiger partial charge on any atom is -0.380 e. The molecule has 0 spiro atoms. The molecule has 0 saturated carbocycles. The minimum absolute atomic E-state index is 0.374. The second kappa shape index (κ2) is 5.29. The van der Waals surface area contributed by atoms with Gasteiger partial charge < -0.3 is 10.1 Å². The van der Waals surface area contributed by atoms with Crippen LogP contribution < -0.4 is 5.32 Å². The van der Waals surface area contributed by atoms with Gasteiger partial charge in [0.2, 0.25) is 0 Å². The Hall–Kier alpha value is -0.860. The van der Waals surface area contributed by atoms with Crippen molar-refractivity contribution >= 4 is 0 Å². The Morgan fingerprint density at radius 2 is 2.13 bits per heavy atom. The lowest BCUT2D eigenvalue weighted by Crippen LogP contribution is -2.47. The SMILES string of the molecule is COC1CCCNC1Cc1ccccc1. The van der Waals surface area contributed by atoms with Gasteiger partial charge in [0.1, 0.15) is 0 Å². The van der Waals surface area contributed by atoms with Crippen molar-refractivity contribution in [1.29, 1.82) is 0 Å². The summed E-state index contributed by atoms with van der Waals surface area (Å²) in [6.45, 7) is 1.12. The van der Waals surface area contributed by atoms with Gasteiger partial charge in [-0.1, -0.05) is 30.3 Å². The van der Waals surface area contributed by atoms with Crippen LogP contribution >= 0.6 is 0 Å². The Morgan fingerprint density at radius 3 is 2.87 bits per heavy atom. The second-order valence-corrected chi connectivity index (χ2v) is 4.17. The molecule has 1 fully saturated rings. The van der Waals surface area contributed by atoms with Crippen LogP contribution in [0.1, 0.15) is 18.4 Å². The Balaban J connectivity index is 1.97. The van der Waals surface area contributed by atoms with Gasteiger partial charge in [-0.2, -0.15) is 0 Å². The zero-order chi connectivity index (χ0) is 10.5.